The number of nitrogens with two attached hydrogens (primary N) is 2. The van der Waals surface area contributed by atoms with E-state index in [0.717, 1.165) is 32.0 Å². The fourth-order valence-corrected chi connectivity index (χ4v) is 3.58. The van der Waals surface area contributed by atoms with E-state index >= 15 is 0 Å². The molecule has 23 heavy (non-hydrogen) atoms. The predicted molar refractivity (Wildman–Crippen MR) is 97.2 cm³/mol. The average Bonchev–Trinajstić information content (AvgIpc) is 3.04. The first kappa shape index (κ1) is 15.0. The Morgan fingerprint density at radius 3 is 1.43 bits per heavy atom. The Bertz CT molecular complexity index is 823. The van der Waals surface area contributed by atoms with Gasteiger partial charge in [0.2, 0.25) is 0 Å². The highest BCUT2D eigenvalue weighted by atomic mass is 32.1. The lowest BCUT2D eigenvalue weighted by atomic mass is 10.0. The number of amidine groups is 2. The number of rotatable bonds is 4. The first-order valence-corrected chi connectivity index (χ1v) is 7.87. The minimum Gasteiger partial charge on any atom is -0.384 e. The molecule has 0 aliphatic carbocycles. The van der Waals surface area contributed by atoms with E-state index in [4.69, 9.17) is 22.3 Å². The second-order valence-corrected chi connectivity index (χ2v) is 6.17. The van der Waals surface area contributed by atoms with Crippen LogP contribution in [0.4, 0.5) is 0 Å². The van der Waals surface area contributed by atoms with E-state index in [1.165, 1.54) is 0 Å². The van der Waals surface area contributed by atoms with Gasteiger partial charge in [-0.25, -0.2) is 0 Å². The van der Waals surface area contributed by atoms with Gasteiger partial charge in [0.1, 0.15) is 11.7 Å². The van der Waals surface area contributed by atoms with Crippen LogP contribution in [-0.4, -0.2) is 11.7 Å². The number of nitrogens with one attached hydrogen (secondary N) is 2. The summed E-state index contributed by atoms with van der Waals surface area (Å²) in [5, 5.41) is 15.4. The fourth-order valence-electron chi connectivity index (χ4n) is 2.49. The molecule has 114 valence electrons. The van der Waals surface area contributed by atoms with Crippen molar-refractivity contribution < 1.29 is 0 Å². The van der Waals surface area contributed by atoms with Crippen molar-refractivity contribution >= 4 is 23.0 Å². The van der Waals surface area contributed by atoms with Gasteiger partial charge in [-0.3, -0.25) is 10.8 Å². The third kappa shape index (κ3) is 2.86. The van der Waals surface area contributed by atoms with Gasteiger partial charge in [-0.15, -0.1) is 11.3 Å². The highest BCUT2D eigenvalue weighted by Gasteiger charge is 2.13. The van der Waals surface area contributed by atoms with E-state index in [9.17, 15) is 0 Å². The van der Waals surface area contributed by atoms with E-state index in [1.807, 2.05) is 60.7 Å². The summed E-state index contributed by atoms with van der Waals surface area (Å²) in [6.07, 6.45) is 0. The quantitative estimate of drug-likeness (QED) is 0.436. The maximum atomic E-state index is 7.72. The van der Waals surface area contributed by atoms with Gasteiger partial charge in [0, 0.05) is 32.0 Å². The predicted octanol–water partition coefficient (Wildman–Crippen LogP) is 3.65. The minimum atomic E-state index is 0.0553. The lowest BCUT2D eigenvalue weighted by molar-refractivity contribution is 1.42. The van der Waals surface area contributed by atoms with Crippen LogP contribution in [0.25, 0.3) is 20.9 Å². The zero-order valence-electron chi connectivity index (χ0n) is 12.3. The first-order valence-electron chi connectivity index (χ1n) is 7.05. The van der Waals surface area contributed by atoms with Crippen molar-refractivity contribution in [1.82, 2.24) is 0 Å². The molecule has 1 heterocycles. The smallest absolute Gasteiger partial charge is 0.123 e. The summed E-state index contributed by atoms with van der Waals surface area (Å²) in [5.41, 5.74) is 14.7. The molecule has 3 aromatic rings. The van der Waals surface area contributed by atoms with Crippen LogP contribution >= 0.6 is 11.3 Å². The van der Waals surface area contributed by atoms with Gasteiger partial charge in [-0.2, -0.15) is 0 Å². The van der Waals surface area contributed by atoms with Gasteiger partial charge in [0.05, 0.1) is 0 Å². The Labute approximate surface area is 138 Å². The molecule has 4 nitrogen and oxygen atoms in total. The first-order chi connectivity index (χ1) is 11.1. The summed E-state index contributed by atoms with van der Waals surface area (Å²) in [6, 6.07) is 19.3. The molecule has 2 aromatic carbocycles. The minimum absolute atomic E-state index is 0.0553. The van der Waals surface area contributed by atoms with Gasteiger partial charge in [0.25, 0.3) is 0 Å². The molecule has 0 aliphatic heterocycles. The standard InChI is InChI=1S/C18H16N4S/c19-17(20)13-7-3-1-5-11(13)15-9-10-16(23-15)12-6-2-4-8-14(12)18(21)22/h1-10H,(H3,19,20)(H3,21,22). The summed E-state index contributed by atoms with van der Waals surface area (Å²) in [6.45, 7) is 0. The molecule has 0 saturated heterocycles. The molecule has 0 spiro atoms. The van der Waals surface area contributed by atoms with Crippen molar-refractivity contribution in [3.63, 3.8) is 0 Å². The molecule has 0 saturated carbocycles. The van der Waals surface area contributed by atoms with Gasteiger partial charge in [-0.1, -0.05) is 48.5 Å². The molecule has 1 aromatic heterocycles. The number of nitrogen functional groups attached to an aromatic ring is 2. The molecule has 0 unspecified atom stereocenters. The molecule has 0 bridgehead atoms. The van der Waals surface area contributed by atoms with Crippen molar-refractivity contribution in [3.8, 4) is 20.9 Å². The summed E-state index contributed by atoms with van der Waals surface area (Å²) >= 11 is 1.60. The molecular formula is C18H16N4S. The van der Waals surface area contributed by atoms with Crippen molar-refractivity contribution in [2.24, 2.45) is 11.5 Å². The zero-order valence-corrected chi connectivity index (χ0v) is 13.2. The van der Waals surface area contributed by atoms with Crippen molar-refractivity contribution in [2.45, 2.75) is 0 Å². The van der Waals surface area contributed by atoms with E-state index < -0.39 is 0 Å². The van der Waals surface area contributed by atoms with Crippen molar-refractivity contribution in [1.29, 1.82) is 10.8 Å². The molecule has 0 fully saturated rings. The van der Waals surface area contributed by atoms with E-state index in [-0.39, 0.29) is 11.7 Å². The van der Waals surface area contributed by atoms with Crippen LogP contribution in [0.15, 0.2) is 60.7 Å². The highest BCUT2D eigenvalue weighted by Crippen LogP contribution is 2.37. The molecule has 0 aliphatic rings. The number of hydrogen-bond acceptors (Lipinski definition) is 3. The largest absolute Gasteiger partial charge is 0.384 e. The van der Waals surface area contributed by atoms with Gasteiger partial charge >= 0.3 is 0 Å². The number of thiophene rings is 1. The van der Waals surface area contributed by atoms with Crippen LogP contribution in [0, 0.1) is 10.8 Å². The lowest BCUT2D eigenvalue weighted by Gasteiger charge is -2.07. The normalized spacial score (nSPS) is 10.4. The van der Waals surface area contributed by atoms with Crippen LogP contribution in [0.3, 0.4) is 0 Å². The van der Waals surface area contributed by atoms with E-state index in [0.29, 0.717) is 0 Å². The van der Waals surface area contributed by atoms with Gasteiger partial charge in [0.15, 0.2) is 0 Å². The van der Waals surface area contributed by atoms with Crippen LogP contribution in [0.1, 0.15) is 11.1 Å². The summed E-state index contributed by atoms with van der Waals surface area (Å²) < 4.78 is 0. The Morgan fingerprint density at radius 1 is 0.652 bits per heavy atom. The average molecular weight is 320 g/mol. The molecule has 5 heteroatoms. The molecule has 3 rings (SSSR count). The summed E-state index contributed by atoms with van der Waals surface area (Å²) in [5.74, 6) is 0.111. The Kier molecular flexibility index (Phi) is 3.95. The third-order valence-electron chi connectivity index (χ3n) is 3.57. The van der Waals surface area contributed by atoms with Crippen molar-refractivity contribution in [2.75, 3.05) is 0 Å². The molecule has 0 amide bonds. The second-order valence-electron chi connectivity index (χ2n) is 5.08. The van der Waals surface area contributed by atoms with Crippen LogP contribution < -0.4 is 11.5 Å². The molecular weight excluding hydrogens is 304 g/mol. The Balaban J connectivity index is 2.09. The number of hydrogen-bond donors (Lipinski definition) is 4. The Hall–Kier alpha value is -2.92. The van der Waals surface area contributed by atoms with Gasteiger partial charge in [-0.05, 0) is 12.1 Å². The van der Waals surface area contributed by atoms with E-state index in [1.54, 1.807) is 11.3 Å². The van der Waals surface area contributed by atoms with Crippen LogP contribution in [0.2, 0.25) is 0 Å². The fraction of sp³-hybridized carbons (Fsp3) is 0. The monoisotopic (exact) mass is 320 g/mol. The molecule has 0 radical (unpaired) electrons. The molecule has 0 atom stereocenters. The highest BCUT2D eigenvalue weighted by molar-refractivity contribution is 7.18. The second kappa shape index (κ2) is 6.06. The van der Waals surface area contributed by atoms with Gasteiger partial charge < -0.3 is 11.5 Å². The zero-order chi connectivity index (χ0) is 16.4. The summed E-state index contributed by atoms with van der Waals surface area (Å²) in [4.78, 5) is 2.06. The van der Waals surface area contributed by atoms with Crippen molar-refractivity contribution in [3.05, 3.63) is 71.8 Å². The van der Waals surface area contributed by atoms with Crippen LogP contribution in [0.5, 0.6) is 0 Å². The third-order valence-corrected chi connectivity index (χ3v) is 4.72. The van der Waals surface area contributed by atoms with E-state index in [2.05, 4.69) is 0 Å². The SMILES string of the molecule is N=C(N)c1ccccc1-c1ccc(-c2ccccc2C(=N)N)s1. The lowest BCUT2D eigenvalue weighted by Crippen LogP contribution is -2.12. The maximum absolute atomic E-state index is 7.72. The Morgan fingerprint density at radius 2 is 1.04 bits per heavy atom. The number of benzene rings is 2. The topological polar surface area (TPSA) is 99.7 Å². The molecule has 6 N–H and O–H groups in total. The maximum Gasteiger partial charge on any atom is 0.123 e. The van der Waals surface area contributed by atoms with Crippen LogP contribution in [-0.2, 0) is 0 Å². The summed E-state index contributed by atoms with van der Waals surface area (Å²) in [7, 11) is 0.